The van der Waals surface area contributed by atoms with Gasteiger partial charge in [-0.05, 0) is 12.3 Å². The van der Waals surface area contributed by atoms with E-state index in [0.717, 1.165) is 12.3 Å². The molecule has 2 nitrogen and oxygen atoms in total. The van der Waals surface area contributed by atoms with Crippen LogP contribution in [0.3, 0.4) is 0 Å². The summed E-state index contributed by atoms with van der Waals surface area (Å²) in [6, 6.07) is 0. The van der Waals surface area contributed by atoms with Gasteiger partial charge in [0.1, 0.15) is 0 Å². The Hall–Kier alpha value is 0.0600. The van der Waals surface area contributed by atoms with Crippen LogP contribution in [0.5, 0.6) is 0 Å². The molecule has 3 heteroatoms. The summed E-state index contributed by atoms with van der Waals surface area (Å²) in [5, 5.41) is 0. The molecule has 0 N–H and O–H groups in total. The molecule has 1 fully saturated rings. The average molecular weight is 174 g/mol. The van der Waals surface area contributed by atoms with Crippen LogP contribution in [0.4, 0.5) is 0 Å². The molecule has 0 aromatic rings. The van der Waals surface area contributed by atoms with Crippen LogP contribution < -0.4 is 0 Å². The van der Waals surface area contributed by atoms with Gasteiger partial charge in [0.05, 0.1) is 6.61 Å². The molecule has 0 aromatic carbocycles. The molecule has 0 spiro atoms. The zero-order chi connectivity index (χ0) is 7.94. The fourth-order valence-electron chi connectivity index (χ4n) is 1.73. The van der Waals surface area contributed by atoms with E-state index in [1.165, 1.54) is 32.1 Å². The fourth-order valence-corrected chi connectivity index (χ4v) is 1.91. The second kappa shape index (κ2) is 5.68. The van der Waals surface area contributed by atoms with Gasteiger partial charge in [-0.2, -0.15) is 0 Å². The maximum Gasteiger partial charge on any atom is 0.327 e. The Bertz CT molecular complexity index is 111. The SMILES string of the molecule is O=POCCC1CCCCC1. The summed E-state index contributed by atoms with van der Waals surface area (Å²) in [5.41, 5.74) is 0. The molecule has 1 aliphatic carbocycles. The van der Waals surface area contributed by atoms with Gasteiger partial charge in [0, 0.05) is 0 Å². The smallest absolute Gasteiger partial charge is 0.294 e. The summed E-state index contributed by atoms with van der Waals surface area (Å²) in [6.45, 7) is 0.662. The van der Waals surface area contributed by atoms with Gasteiger partial charge in [-0.3, -0.25) is 4.52 Å². The lowest BCUT2D eigenvalue weighted by Crippen LogP contribution is -2.07. The van der Waals surface area contributed by atoms with E-state index in [-0.39, 0.29) is 8.69 Å². The summed E-state index contributed by atoms with van der Waals surface area (Å²) in [7, 11) is -0.165. The summed E-state index contributed by atoms with van der Waals surface area (Å²) >= 11 is 0. The van der Waals surface area contributed by atoms with Gasteiger partial charge in [-0.15, -0.1) is 0 Å². The summed E-state index contributed by atoms with van der Waals surface area (Å²) < 4.78 is 14.7. The van der Waals surface area contributed by atoms with Gasteiger partial charge >= 0.3 is 8.69 Å². The quantitative estimate of drug-likeness (QED) is 0.483. The first-order valence-corrected chi connectivity index (χ1v) is 5.11. The second-order valence-electron chi connectivity index (χ2n) is 3.20. The van der Waals surface area contributed by atoms with E-state index < -0.39 is 0 Å². The van der Waals surface area contributed by atoms with Crippen molar-refractivity contribution >= 4 is 8.69 Å². The van der Waals surface area contributed by atoms with Crippen molar-refractivity contribution in [3.63, 3.8) is 0 Å². The van der Waals surface area contributed by atoms with E-state index in [1.54, 1.807) is 0 Å². The van der Waals surface area contributed by atoms with Crippen molar-refractivity contribution in [1.29, 1.82) is 0 Å². The maximum absolute atomic E-state index is 9.92. The first-order valence-electron chi connectivity index (χ1n) is 4.38. The minimum absolute atomic E-state index is 0.165. The van der Waals surface area contributed by atoms with Crippen LogP contribution in [0.2, 0.25) is 0 Å². The number of rotatable bonds is 4. The van der Waals surface area contributed by atoms with Crippen molar-refractivity contribution in [2.45, 2.75) is 38.5 Å². The van der Waals surface area contributed by atoms with Crippen molar-refractivity contribution in [3.05, 3.63) is 0 Å². The minimum Gasteiger partial charge on any atom is -0.294 e. The zero-order valence-corrected chi connectivity index (χ0v) is 7.69. The molecule has 0 heterocycles. The Morgan fingerprint density at radius 1 is 1.27 bits per heavy atom. The normalized spacial score (nSPS) is 20.7. The number of hydrogen-bond donors (Lipinski definition) is 0. The molecule has 11 heavy (non-hydrogen) atoms. The second-order valence-corrected chi connectivity index (χ2v) is 3.61. The molecular formula is C8H15O2P. The third kappa shape index (κ3) is 3.83. The largest absolute Gasteiger partial charge is 0.327 e. The molecule has 64 valence electrons. The van der Waals surface area contributed by atoms with E-state index >= 15 is 0 Å². The van der Waals surface area contributed by atoms with Gasteiger partial charge in [0.15, 0.2) is 0 Å². The highest BCUT2D eigenvalue weighted by atomic mass is 31.1. The number of hydrogen-bond acceptors (Lipinski definition) is 2. The van der Waals surface area contributed by atoms with E-state index in [4.69, 9.17) is 4.52 Å². The van der Waals surface area contributed by atoms with Crippen LogP contribution in [0, 0.1) is 5.92 Å². The molecule has 1 aliphatic rings. The molecule has 1 saturated carbocycles. The van der Waals surface area contributed by atoms with Crippen LogP contribution >= 0.6 is 8.69 Å². The monoisotopic (exact) mass is 174 g/mol. The Labute approximate surface area is 69.6 Å². The highest BCUT2D eigenvalue weighted by Gasteiger charge is 2.12. The average Bonchev–Trinajstić information content (AvgIpc) is 2.07. The minimum atomic E-state index is -0.165. The lowest BCUT2D eigenvalue weighted by Gasteiger charge is -2.20. The highest BCUT2D eigenvalue weighted by Crippen LogP contribution is 2.26. The lowest BCUT2D eigenvalue weighted by molar-refractivity contribution is 0.260. The van der Waals surface area contributed by atoms with Gasteiger partial charge < -0.3 is 0 Å². The standard InChI is InChI=1S/C8H15O2P/c9-11-10-7-6-8-4-2-1-3-5-8/h8H,1-7H2. The van der Waals surface area contributed by atoms with Gasteiger partial charge in [0.25, 0.3) is 0 Å². The van der Waals surface area contributed by atoms with Gasteiger partial charge in [-0.25, -0.2) is 4.57 Å². The van der Waals surface area contributed by atoms with E-state index in [9.17, 15) is 4.57 Å². The molecule has 1 rings (SSSR count). The Kier molecular flexibility index (Phi) is 4.72. The maximum atomic E-state index is 9.92. The van der Waals surface area contributed by atoms with Gasteiger partial charge in [0.2, 0.25) is 0 Å². The van der Waals surface area contributed by atoms with Crippen LogP contribution in [0.25, 0.3) is 0 Å². The van der Waals surface area contributed by atoms with Crippen molar-refractivity contribution in [2.24, 2.45) is 5.92 Å². The van der Waals surface area contributed by atoms with E-state index in [1.807, 2.05) is 0 Å². The summed E-state index contributed by atoms with van der Waals surface area (Å²) in [5.74, 6) is 0.838. The van der Waals surface area contributed by atoms with E-state index in [0.29, 0.717) is 6.61 Å². The molecule has 0 radical (unpaired) electrons. The summed E-state index contributed by atoms with van der Waals surface area (Å²) in [4.78, 5) is 0. The molecule has 0 bridgehead atoms. The third-order valence-corrected chi connectivity index (χ3v) is 2.68. The molecule has 0 aliphatic heterocycles. The molecule has 0 unspecified atom stereocenters. The Balaban J connectivity index is 2.00. The van der Waals surface area contributed by atoms with E-state index in [2.05, 4.69) is 0 Å². The zero-order valence-electron chi connectivity index (χ0n) is 6.79. The molecule has 0 amide bonds. The van der Waals surface area contributed by atoms with Crippen LogP contribution in [-0.4, -0.2) is 6.61 Å². The topological polar surface area (TPSA) is 26.3 Å². The van der Waals surface area contributed by atoms with Crippen LogP contribution in [0.15, 0.2) is 0 Å². The molecular weight excluding hydrogens is 159 g/mol. The van der Waals surface area contributed by atoms with Gasteiger partial charge in [-0.1, -0.05) is 32.1 Å². The van der Waals surface area contributed by atoms with Crippen molar-refractivity contribution in [2.75, 3.05) is 6.61 Å². The molecule has 0 saturated heterocycles. The molecule has 0 aromatic heterocycles. The Morgan fingerprint density at radius 2 is 2.00 bits per heavy atom. The van der Waals surface area contributed by atoms with Crippen molar-refractivity contribution < 1.29 is 9.09 Å². The Morgan fingerprint density at radius 3 is 2.64 bits per heavy atom. The fraction of sp³-hybridized carbons (Fsp3) is 1.00. The third-order valence-electron chi connectivity index (χ3n) is 2.39. The van der Waals surface area contributed by atoms with Crippen molar-refractivity contribution in [3.8, 4) is 0 Å². The van der Waals surface area contributed by atoms with Crippen LogP contribution in [-0.2, 0) is 9.09 Å². The lowest BCUT2D eigenvalue weighted by atomic mass is 9.87. The highest BCUT2D eigenvalue weighted by molar-refractivity contribution is 7.17. The first-order chi connectivity index (χ1) is 5.43. The summed E-state index contributed by atoms with van der Waals surface area (Å²) in [6.07, 6.45) is 7.93. The predicted octanol–water partition coefficient (Wildman–Crippen LogP) is 3.18. The van der Waals surface area contributed by atoms with Crippen LogP contribution in [0.1, 0.15) is 38.5 Å². The molecule has 0 atom stereocenters. The van der Waals surface area contributed by atoms with Crippen molar-refractivity contribution in [1.82, 2.24) is 0 Å². The first kappa shape index (κ1) is 9.15. The predicted molar refractivity (Wildman–Crippen MR) is 44.8 cm³/mol.